The second-order valence-corrected chi connectivity index (χ2v) is 13.0. The minimum atomic E-state index is -2.98. The molecule has 2 heterocycles. The van der Waals surface area contributed by atoms with E-state index >= 15 is 0 Å². The Kier molecular flexibility index (Phi) is 9.82. The maximum absolute atomic E-state index is 15.0. The predicted molar refractivity (Wildman–Crippen MR) is 171 cm³/mol. The summed E-state index contributed by atoms with van der Waals surface area (Å²) in [6.45, 7) is 3.82. The van der Waals surface area contributed by atoms with Crippen LogP contribution in [0.4, 0.5) is 29.5 Å². The van der Waals surface area contributed by atoms with Crippen molar-refractivity contribution in [3.05, 3.63) is 93.7 Å². The van der Waals surface area contributed by atoms with Gasteiger partial charge in [-0.25, -0.2) is 27.8 Å². The Labute approximate surface area is 284 Å². The topological polar surface area (TPSA) is 139 Å². The molecule has 1 saturated heterocycles. The van der Waals surface area contributed by atoms with Crippen LogP contribution in [-0.2, 0) is 14.3 Å². The highest BCUT2D eigenvalue weighted by molar-refractivity contribution is 6.31. The minimum Gasteiger partial charge on any atom is -0.444 e. The van der Waals surface area contributed by atoms with Crippen molar-refractivity contribution in [1.82, 2.24) is 15.2 Å². The molecule has 0 bridgehead atoms. The van der Waals surface area contributed by atoms with Gasteiger partial charge in [0.15, 0.2) is 10.9 Å². The quantitative estimate of drug-likeness (QED) is 0.240. The van der Waals surface area contributed by atoms with Crippen LogP contribution in [0.5, 0.6) is 0 Å². The molecule has 5 rings (SSSR count). The number of hydrazine groups is 1. The lowest BCUT2D eigenvalue weighted by Crippen LogP contribution is -2.65. The number of benzene rings is 2. The number of anilines is 2. The number of rotatable bonds is 8. The van der Waals surface area contributed by atoms with Gasteiger partial charge in [-0.1, -0.05) is 40.9 Å². The predicted octanol–water partition coefficient (Wildman–Crippen LogP) is 5.51. The Hall–Kier alpha value is -5.23. The first-order valence-electron chi connectivity index (χ1n) is 15.2. The van der Waals surface area contributed by atoms with Crippen LogP contribution in [0.25, 0.3) is 0 Å². The Morgan fingerprint density at radius 2 is 1.88 bits per heavy atom. The van der Waals surface area contributed by atoms with E-state index in [2.05, 4.69) is 10.3 Å². The van der Waals surface area contributed by atoms with Gasteiger partial charge in [-0.2, -0.15) is 5.26 Å². The molecule has 2 aliphatic rings. The highest BCUT2D eigenvalue weighted by Crippen LogP contribution is 2.39. The Bertz CT molecular complexity index is 1820. The molecule has 2 unspecified atom stereocenters. The molecule has 1 aliphatic heterocycles. The molecule has 1 saturated carbocycles. The van der Waals surface area contributed by atoms with Gasteiger partial charge in [0.25, 0.3) is 17.7 Å². The van der Waals surface area contributed by atoms with E-state index in [9.17, 15) is 37.7 Å². The summed E-state index contributed by atoms with van der Waals surface area (Å²) in [6, 6.07) is 12.7. The molecular formula is C33H32ClF3N7O5+. The lowest BCUT2D eigenvalue weighted by Gasteiger charge is -2.39. The number of nitrogens with one attached hydrogen (secondary N) is 1. The number of ether oxygens (including phenoxy) is 1. The van der Waals surface area contributed by atoms with Gasteiger partial charge in [-0.15, -0.1) is 0 Å². The van der Waals surface area contributed by atoms with E-state index in [4.69, 9.17) is 16.3 Å². The maximum atomic E-state index is 15.0. The number of amides is 3. The third kappa shape index (κ3) is 7.92. The average molecular weight is 699 g/mol. The van der Waals surface area contributed by atoms with Gasteiger partial charge in [0.1, 0.15) is 36.0 Å². The summed E-state index contributed by atoms with van der Waals surface area (Å²) in [6.07, 6.45) is -2.62. The SMILES string of the molecule is CC(C)(C)OC(=O)N1CC(=O)N(c2cc(C#N)ccn2)C([N+](=O)N(c2cccc(F)c2)C(C(=O)NC2CC(F)(F)C2)c2ccccc2Cl)C1. The van der Waals surface area contributed by atoms with E-state index in [-0.39, 0.29) is 32.5 Å². The van der Waals surface area contributed by atoms with Crippen molar-refractivity contribution in [2.24, 2.45) is 0 Å². The van der Waals surface area contributed by atoms with Crippen LogP contribution in [0, 0.1) is 22.1 Å². The molecule has 12 nitrogen and oxygen atoms in total. The number of hydrogen-bond donors (Lipinski definition) is 1. The molecule has 0 radical (unpaired) electrons. The fraction of sp³-hybridized carbons (Fsp3) is 0.364. The number of nitrogens with zero attached hydrogens (tertiary/aromatic N) is 6. The summed E-state index contributed by atoms with van der Waals surface area (Å²) < 4.78 is 47.8. The normalized spacial score (nSPS) is 18.2. The lowest BCUT2D eigenvalue weighted by atomic mass is 9.88. The molecule has 1 N–H and O–H groups in total. The van der Waals surface area contributed by atoms with E-state index in [0.717, 1.165) is 26.9 Å². The van der Waals surface area contributed by atoms with Crippen molar-refractivity contribution < 1.29 is 37.2 Å². The van der Waals surface area contributed by atoms with Crippen molar-refractivity contribution in [2.45, 2.75) is 63.4 Å². The Balaban J connectivity index is 1.66. The van der Waals surface area contributed by atoms with Crippen molar-refractivity contribution >= 4 is 41.0 Å². The summed E-state index contributed by atoms with van der Waals surface area (Å²) in [4.78, 5) is 62.5. The molecule has 256 valence electrons. The molecule has 3 aromatic rings. The number of pyridine rings is 1. The second-order valence-electron chi connectivity index (χ2n) is 12.6. The minimum absolute atomic E-state index is 0.0201. The van der Waals surface area contributed by atoms with Gasteiger partial charge in [0.2, 0.25) is 0 Å². The first kappa shape index (κ1) is 35.1. The molecule has 3 amide bonds. The second kappa shape index (κ2) is 13.7. The summed E-state index contributed by atoms with van der Waals surface area (Å²) in [5, 5.41) is 12.9. The molecule has 2 aromatic carbocycles. The zero-order chi connectivity index (χ0) is 35.7. The van der Waals surface area contributed by atoms with Crippen LogP contribution >= 0.6 is 11.6 Å². The van der Waals surface area contributed by atoms with Crippen LogP contribution < -0.4 is 15.2 Å². The van der Waals surface area contributed by atoms with Crippen LogP contribution in [0.3, 0.4) is 0 Å². The summed E-state index contributed by atoms with van der Waals surface area (Å²) in [5.74, 6) is -5.60. The van der Waals surface area contributed by atoms with Crippen molar-refractivity contribution in [1.29, 1.82) is 5.26 Å². The Morgan fingerprint density at radius 3 is 2.51 bits per heavy atom. The van der Waals surface area contributed by atoms with Crippen LogP contribution in [0.1, 0.15) is 50.8 Å². The first-order chi connectivity index (χ1) is 23.1. The number of hydrogen-bond acceptors (Lipinski definition) is 7. The lowest BCUT2D eigenvalue weighted by molar-refractivity contribution is -0.600. The van der Waals surface area contributed by atoms with Crippen LogP contribution in [-0.4, -0.2) is 69.5 Å². The van der Waals surface area contributed by atoms with E-state index in [1.807, 2.05) is 6.07 Å². The highest BCUT2D eigenvalue weighted by atomic mass is 35.5. The van der Waals surface area contributed by atoms with E-state index in [1.54, 1.807) is 26.8 Å². The molecular weight excluding hydrogens is 667 g/mol. The van der Waals surface area contributed by atoms with Gasteiger partial charge in [-0.05, 0) is 51.1 Å². The zero-order valence-electron chi connectivity index (χ0n) is 26.6. The van der Waals surface area contributed by atoms with Crippen molar-refractivity contribution in [3.63, 3.8) is 0 Å². The number of nitriles is 1. The van der Waals surface area contributed by atoms with Crippen LogP contribution in [0.2, 0.25) is 5.02 Å². The standard InChI is InChI=1S/C33H31ClF3N7O5/c1-32(2,3)49-31(47)41-18-27(42(28(45)19-41)26-13-20(17-38)11-12-39-26)44(48)43(23-8-6-7-21(35)14-23)29(24-9-4-5-10-25(24)34)30(46)40-22-15-33(36,37)16-22/h4-14,22,27,29H,15-16,18-19H2,1-3H3/p+1. The zero-order valence-corrected chi connectivity index (χ0v) is 27.4. The number of alkyl halides is 2. The molecule has 1 aromatic heterocycles. The average Bonchev–Trinajstić information content (AvgIpc) is 3.01. The molecule has 2 fully saturated rings. The highest BCUT2D eigenvalue weighted by Gasteiger charge is 2.53. The van der Waals surface area contributed by atoms with E-state index in [0.29, 0.717) is 0 Å². The maximum Gasteiger partial charge on any atom is 0.411 e. The third-order valence-electron chi connectivity index (χ3n) is 7.72. The fourth-order valence-corrected chi connectivity index (χ4v) is 5.79. The number of aromatic nitrogens is 1. The van der Waals surface area contributed by atoms with Gasteiger partial charge in [0, 0.05) is 41.7 Å². The number of piperazine rings is 1. The molecule has 16 heteroatoms. The molecule has 49 heavy (non-hydrogen) atoms. The number of carbonyl (C=O) groups is 3. The molecule has 2 atom stereocenters. The summed E-state index contributed by atoms with van der Waals surface area (Å²) in [7, 11) is 0. The smallest absolute Gasteiger partial charge is 0.411 e. The summed E-state index contributed by atoms with van der Waals surface area (Å²) in [5.41, 5.74) is -0.975. The number of carbonyl (C=O) groups excluding carboxylic acids is 3. The Morgan fingerprint density at radius 1 is 1.16 bits per heavy atom. The van der Waals surface area contributed by atoms with Crippen molar-refractivity contribution in [2.75, 3.05) is 23.0 Å². The first-order valence-corrected chi connectivity index (χ1v) is 15.5. The molecule has 1 aliphatic carbocycles. The van der Waals surface area contributed by atoms with E-state index < -0.39 is 79.4 Å². The third-order valence-corrected chi connectivity index (χ3v) is 8.06. The van der Waals surface area contributed by atoms with Gasteiger partial charge in [-0.3, -0.25) is 14.5 Å². The number of halogens is 4. The van der Waals surface area contributed by atoms with Crippen molar-refractivity contribution in [3.8, 4) is 6.07 Å². The molecule has 0 spiro atoms. The largest absolute Gasteiger partial charge is 0.444 e. The van der Waals surface area contributed by atoms with Crippen LogP contribution in [0.15, 0.2) is 66.9 Å². The van der Waals surface area contributed by atoms with Gasteiger partial charge in [0.05, 0.1) is 16.5 Å². The van der Waals surface area contributed by atoms with Gasteiger partial charge >= 0.3 is 12.3 Å². The van der Waals surface area contributed by atoms with Gasteiger partial charge < -0.3 is 10.1 Å². The number of nitroso groups, excluding NO2 is 1. The van der Waals surface area contributed by atoms with E-state index in [1.165, 1.54) is 48.7 Å². The summed E-state index contributed by atoms with van der Waals surface area (Å²) >= 11 is 6.56. The fourth-order valence-electron chi connectivity index (χ4n) is 5.55. The monoisotopic (exact) mass is 698 g/mol.